The van der Waals surface area contributed by atoms with Crippen molar-refractivity contribution in [2.24, 2.45) is 0 Å². The molecule has 1 fully saturated rings. The molecular formula is C20H21ClN2O3. The lowest BCUT2D eigenvalue weighted by Gasteiger charge is -2.23. The van der Waals surface area contributed by atoms with E-state index in [1.54, 1.807) is 36.4 Å². The second-order valence-electron chi connectivity index (χ2n) is 6.29. The van der Waals surface area contributed by atoms with Crippen molar-refractivity contribution in [1.82, 2.24) is 5.32 Å². The lowest BCUT2D eigenvalue weighted by atomic mass is 9.98. The second-order valence-corrected chi connectivity index (χ2v) is 6.70. The van der Waals surface area contributed by atoms with Gasteiger partial charge >= 0.3 is 6.03 Å². The van der Waals surface area contributed by atoms with E-state index in [-0.39, 0.29) is 11.7 Å². The average molecular weight is 373 g/mol. The summed E-state index contributed by atoms with van der Waals surface area (Å²) < 4.78 is 5.95. The molecule has 26 heavy (non-hydrogen) atoms. The first-order valence-corrected chi connectivity index (χ1v) is 9.13. The predicted molar refractivity (Wildman–Crippen MR) is 102 cm³/mol. The molecule has 0 spiro atoms. The average Bonchev–Trinajstić information content (AvgIpc) is 2.64. The highest BCUT2D eigenvalue weighted by atomic mass is 35.5. The molecule has 5 nitrogen and oxygen atoms in total. The van der Waals surface area contributed by atoms with E-state index in [2.05, 4.69) is 10.6 Å². The molecule has 0 unspecified atom stereocenters. The van der Waals surface area contributed by atoms with Gasteiger partial charge in [-0.15, -0.1) is 0 Å². The van der Waals surface area contributed by atoms with Crippen LogP contribution in [0.5, 0.6) is 5.75 Å². The minimum absolute atomic E-state index is 0.251. The summed E-state index contributed by atoms with van der Waals surface area (Å²) in [4.78, 5) is 24.1. The summed E-state index contributed by atoms with van der Waals surface area (Å²) in [5, 5.41) is 5.18. The molecule has 2 aromatic carbocycles. The molecule has 0 atom stereocenters. The minimum atomic E-state index is -0.615. The Morgan fingerprint density at radius 3 is 2.35 bits per heavy atom. The Morgan fingerprint density at radius 2 is 1.65 bits per heavy atom. The molecule has 2 N–H and O–H groups in total. The Kier molecular flexibility index (Phi) is 6.12. The number of urea groups is 1. The van der Waals surface area contributed by atoms with Crippen LogP contribution in [-0.2, 0) is 0 Å². The van der Waals surface area contributed by atoms with E-state index in [9.17, 15) is 9.59 Å². The molecule has 0 heterocycles. The summed E-state index contributed by atoms with van der Waals surface area (Å²) in [6.45, 7) is 0. The van der Waals surface area contributed by atoms with E-state index in [1.807, 2.05) is 12.1 Å². The van der Waals surface area contributed by atoms with Gasteiger partial charge < -0.3 is 10.1 Å². The Morgan fingerprint density at radius 1 is 0.962 bits per heavy atom. The number of rotatable bonds is 4. The smallest absolute Gasteiger partial charge is 0.326 e. The summed E-state index contributed by atoms with van der Waals surface area (Å²) in [6.07, 6.45) is 6.16. The lowest BCUT2D eigenvalue weighted by molar-refractivity contribution is 0.0967. The van der Waals surface area contributed by atoms with E-state index < -0.39 is 11.9 Å². The highest BCUT2D eigenvalue weighted by Gasteiger charge is 2.15. The van der Waals surface area contributed by atoms with Crippen LogP contribution in [0.2, 0.25) is 5.02 Å². The van der Waals surface area contributed by atoms with Crippen LogP contribution in [0, 0.1) is 0 Å². The number of carbonyl (C=O) groups is 2. The van der Waals surface area contributed by atoms with Crippen LogP contribution in [0.25, 0.3) is 0 Å². The van der Waals surface area contributed by atoms with Crippen molar-refractivity contribution in [1.29, 1.82) is 0 Å². The van der Waals surface area contributed by atoms with Gasteiger partial charge in [-0.2, -0.15) is 0 Å². The molecular weight excluding hydrogens is 352 g/mol. The maximum absolute atomic E-state index is 12.1. The molecule has 0 bridgehead atoms. The van der Waals surface area contributed by atoms with Crippen molar-refractivity contribution >= 4 is 29.2 Å². The van der Waals surface area contributed by atoms with Gasteiger partial charge in [0.25, 0.3) is 5.91 Å². The van der Waals surface area contributed by atoms with Crippen LogP contribution in [-0.4, -0.2) is 18.0 Å². The Labute approximate surface area is 157 Å². The van der Waals surface area contributed by atoms with Gasteiger partial charge in [-0.3, -0.25) is 10.1 Å². The molecule has 0 saturated heterocycles. The quantitative estimate of drug-likeness (QED) is 0.792. The molecule has 0 aromatic heterocycles. The second kappa shape index (κ2) is 8.72. The summed E-state index contributed by atoms with van der Waals surface area (Å²) in [7, 11) is 0. The maximum atomic E-state index is 12.1. The van der Waals surface area contributed by atoms with E-state index in [0.717, 1.165) is 18.6 Å². The fourth-order valence-corrected chi connectivity index (χ4v) is 3.19. The third-order valence-electron chi connectivity index (χ3n) is 4.31. The zero-order chi connectivity index (χ0) is 18.4. The molecule has 3 amide bonds. The number of carbonyl (C=O) groups excluding carboxylic acids is 2. The first-order chi connectivity index (χ1) is 12.6. The van der Waals surface area contributed by atoms with Crippen molar-refractivity contribution < 1.29 is 14.3 Å². The molecule has 6 heteroatoms. The Bertz CT molecular complexity index is 771. The number of anilines is 1. The third kappa shape index (κ3) is 4.99. The van der Waals surface area contributed by atoms with Crippen LogP contribution in [0.15, 0.2) is 48.5 Å². The van der Waals surface area contributed by atoms with E-state index in [0.29, 0.717) is 10.7 Å². The van der Waals surface area contributed by atoms with Gasteiger partial charge in [-0.25, -0.2) is 4.79 Å². The minimum Gasteiger partial charge on any atom is -0.490 e. The van der Waals surface area contributed by atoms with E-state index in [4.69, 9.17) is 16.3 Å². The highest BCUT2D eigenvalue weighted by molar-refractivity contribution is 6.34. The third-order valence-corrected chi connectivity index (χ3v) is 4.64. The van der Waals surface area contributed by atoms with Crippen LogP contribution < -0.4 is 15.4 Å². The molecule has 0 aliphatic heterocycles. The number of nitrogens with one attached hydrogen (secondary N) is 2. The van der Waals surface area contributed by atoms with Gasteiger partial charge in [0.2, 0.25) is 0 Å². The number of ether oxygens (including phenoxy) is 1. The number of benzene rings is 2. The molecule has 1 saturated carbocycles. The lowest BCUT2D eigenvalue weighted by Crippen LogP contribution is -2.34. The maximum Gasteiger partial charge on any atom is 0.326 e. The molecule has 0 radical (unpaired) electrons. The molecule has 2 aromatic rings. The molecule has 1 aliphatic carbocycles. The number of hydrogen-bond donors (Lipinski definition) is 2. The van der Waals surface area contributed by atoms with E-state index >= 15 is 0 Å². The summed E-state index contributed by atoms with van der Waals surface area (Å²) in [5.41, 5.74) is 0.825. The Hall–Kier alpha value is -2.53. The van der Waals surface area contributed by atoms with Crippen molar-refractivity contribution in [2.75, 3.05) is 5.32 Å². The standard InChI is InChI=1S/C20H21ClN2O3/c21-18-9-5-4-8-17(18)19(24)23-20(25)22-14-10-12-16(13-11-14)26-15-6-2-1-3-7-15/h4-5,8-13,15H,1-3,6-7H2,(H2,22,23,24,25). The van der Waals surface area contributed by atoms with Gasteiger partial charge in [0.15, 0.2) is 0 Å². The van der Waals surface area contributed by atoms with Crippen LogP contribution in [0.1, 0.15) is 42.5 Å². The normalized spacial score (nSPS) is 14.5. The number of hydrogen-bond acceptors (Lipinski definition) is 3. The topological polar surface area (TPSA) is 67.4 Å². The molecule has 136 valence electrons. The van der Waals surface area contributed by atoms with Crippen LogP contribution in [0.3, 0.4) is 0 Å². The Balaban J connectivity index is 1.52. The monoisotopic (exact) mass is 372 g/mol. The van der Waals surface area contributed by atoms with Crippen molar-refractivity contribution in [3.63, 3.8) is 0 Å². The number of amides is 3. The summed E-state index contributed by atoms with van der Waals surface area (Å²) in [6, 6.07) is 13.1. The molecule has 1 aliphatic rings. The largest absolute Gasteiger partial charge is 0.490 e. The van der Waals surface area contributed by atoms with Crippen molar-refractivity contribution in [2.45, 2.75) is 38.2 Å². The first-order valence-electron chi connectivity index (χ1n) is 8.75. The molecule has 3 rings (SSSR count). The van der Waals surface area contributed by atoms with Gasteiger partial charge in [0.05, 0.1) is 16.7 Å². The zero-order valence-corrected chi connectivity index (χ0v) is 15.1. The first kappa shape index (κ1) is 18.3. The summed E-state index contributed by atoms with van der Waals surface area (Å²) in [5.74, 6) is 0.236. The van der Waals surface area contributed by atoms with Gasteiger partial charge in [0.1, 0.15) is 5.75 Å². The van der Waals surface area contributed by atoms with Gasteiger partial charge in [0, 0.05) is 5.69 Å². The zero-order valence-electron chi connectivity index (χ0n) is 14.3. The number of imide groups is 1. The van der Waals surface area contributed by atoms with Crippen LogP contribution >= 0.6 is 11.6 Å². The fraction of sp³-hybridized carbons (Fsp3) is 0.300. The van der Waals surface area contributed by atoms with Crippen LogP contribution in [0.4, 0.5) is 10.5 Å². The predicted octanol–water partition coefficient (Wildman–Crippen LogP) is 5.01. The number of halogens is 1. The van der Waals surface area contributed by atoms with Gasteiger partial charge in [-0.05, 0) is 62.1 Å². The SMILES string of the molecule is O=C(NC(=O)c1ccccc1Cl)Nc1ccc(OC2CCCCC2)cc1. The van der Waals surface area contributed by atoms with Gasteiger partial charge in [-0.1, -0.05) is 30.2 Å². The van der Waals surface area contributed by atoms with E-state index in [1.165, 1.54) is 19.3 Å². The van der Waals surface area contributed by atoms with Crippen molar-refractivity contribution in [3.8, 4) is 5.75 Å². The summed E-state index contributed by atoms with van der Waals surface area (Å²) >= 11 is 5.95. The highest BCUT2D eigenvalue weighted by Crippen LogP contribution is 2.24. The van der Waals surface area contributed by atoms with Crippen molar-refractivity contribution in [3.05, 3.63) is 59.1 Å². The fourth-order valence-electron chi connectivity index (χ4n) is 2.97.